The van der Waals surface area contributed by atoms with Gasteiger partial charge in [0.25, 0.3) is 10.1 Å². The van der Waals surface area contributed by atoms with Crippen LogP contribution in [0.5, 0.6) is 0 Å². The van der Waals surface area contributed by atoms with Crippen LogP contribution < -0.4 is 0 Å². The summed E-state index contributed by atoms with van der Waals surface area (Å²) < 4.78 is 36.6. The number of benzene rings is 1. The van der Waals surface area contributed by atoms with Crippen molar-refractivity contribution in [3.05, 3.63) is 35.9 Å². The van der Waals surface area contributed by atoms with Crippen LogP contribution in [0.15, 0.2) is 30.3 Å². The maximum atomic E-state index is 12.3. The molecule has 0 saturated carbocycles. The highest BCUT2D eigenvalue weighted by molar-refractivity contribution is 7.87. The second kappa shape index (κ2) is 6.76. The molecule has 1 saturated heterocycles. The summed E-state index contributed by atoms with van der Waals surface area (Å²) in [4.78, 5) is 14.4. The molecule has 0 aliphatic carbocycles. The van der Waals surface area contributed by atoms with Crippen molar-refractivity contribution < 1.29 is 22.5 Å². The summed E-state index contributed by atoms with van der Waals surface area (Å²) in [7, 11) is -3.56. The van der Waals surface area contributed by atoms with E-state index < -0.39 is 20.8 Å². The third kappa shape index (κ3) is 3.16. The van der Waals surface area contributed by atoms with E-state index >= 15 is 0 Å². The van der Waals surface area contributed by atoms with Crippen molar-refractivity contribution in [2.75, 3.05) is 26.7 Å². The molecule has 2 rings (SSSR count). The number of carbonyl (C=O) groups is 1. The van der Waals surface area contributed by atoms with Crippen LogP contribution in [0, 0.1) is 0 Å². The molecule has 6 nitrogen and oxygen atoms in total. The Balaban J connectivity index is 2.43. The maximum absolute atomic E-state index is 12.3. The highest BCUT2D eigenvalue weighted by atomic mass is 32.2. The van der Waals surface area contributed by atoms with E-state index in [2.05, 4.69) is 4.90 Å². The molecule has 0 bridgehead atoms. The number of methoxy groups -OCH3 is 1. The lowest BCUT2D eigenvalue weighted by molar-refractivity contribution is -0.144. The predicted octanol–water partition coefficient (Wildman–Crippen LogP) is 1.43. The SMILES string of the molecule is COC(=O)C(CCN1CCCC1)(c1ccccc1)S(=O)(=O)O. The fourth-order valence-corrected chi connectivity index (χ4v) is 4.02. The lowest BCUT2D eigenvalue weighted by Crippen LogP contribution is -2.46. The molecule has 0 amide bonds. The molecule has 1 fully saturated rings. The van der Waals surface area contributed by atoms with E-state index in [1.54, 1.807) is 18.2 Å². The third-order valence-corrected chi connectivity index (χ3v) is 5.66. The summed E-state index contributed by atoms with van der Waals surface area (Å²) in [6, 6.07) is 8.03. The van der Waals surface area contributed by atoms with Gasteiger partial charge in [-0.15, -0.1) is 0 Å². The first-order valence-electron chi connectivity index (χ1n) is 7.25. The summed E-state index contributed by atoms with van der Waals surface area (Å²) in [5.41, 5.74) is 0.226. The van der Waals surface area contributed by atoms with Crippen molar-refractivity contribution in [1.82, 2.24) is 4.90 Å². The topological polar surface area (TPSA) is 83.9 Å². The third-order valence-electron chi connectivity index (χ3n) is 4.17. The smallest absolute Gasteiger partial charge is 0.334 e. The fraction of sp³-hybridized carbons (Fsp3) is 0.533. The number of hydrogen-bond donors (Lipinski definition) is 1. The van der Waals surface area contributed by atoms with Crippen LogP contribution in [0.2, 0.25) is 0 Å². The van der Waals surface area contributed by atoms with Crippen LogP contribution in [0.4, 0.5) is 0 Å². The largest absolute Gasteiger partial charge is 0.468 e. The van der Waals surface area contributed by atoms with Gasteiger partial charge >= 0.3 is 5.97 Å². The first-order chi connectivity index (χ1) is 10.4. The van der Waals surface area contributed by atoms with E-state index in [0.717, 1.165) is 33.0 Å². The van der Waals surface area contributed by atoms with Crippen LogP contribution in [0.1, 0.15) is 24.8 Å². The van der Waals surface area contributed by atoms with Gasteiger partial charge in [0.2, 0.25) is 4.75 Å². The highest BCUT2D eigenvalue weighted by Gasteiger charge is 2.53. The Hall–Kier alpha value is -1.44. The van der Waals surface area contributed by atoms with Gasteiger partial charge in [-0.3, -0.25) is 4.55 Å². The molecule has 7 heteroatoms. The van der Waals surface area contributed by atoms with E-state index in [1.165, 1.54) is 12.1 Å². The molecule has 1 unspecified atom stereocenters. The van der Waals surface area contributed by atoms with E-state index in [4.69, 9.17) is 4.74 Å². The van der Waals surface area contributed by atoms with Gasteiger partial charge in [-0.1, -0.05) is 30.3 Å². The number of carbonyl (C=O) groups excluding carboxylic acids is 1. The Morgan fingerprint density at radius 3 is 2.36 bits per heavy atom. The monoisotopic (exact) mass is 327 g/mol. The van der Waals surface area contributed by atoms with Gasteiger partial charge < -0.3 is 9.64 Å². The first-order valence-corrected chi connectivity index (χ1v) is 8.69. The van der Waals surface area contributed by atoms with Crippen molar-refractivity contribution in [2.45, 2.75) is 24.0 Å². The van der Waals surface area contributed by atoms with Gasteiger partial charge in [0.1, 0.15) is 0 Å². The van der Waals surface area contributed by atoms with Gasteiger partial charge in [-0.2, -0.15) is 8.42 Å². The van der Waals surface area contributed by atoms with Gasteiger partial charge in [-0.25, -0.2) is 4.79 Å². The molecule has 0 radical (unpaired) electrons. The molecule has 22 heavy (non-hydrogen) atoms. The van der Waals surface area contributed by atoms with Crippen LogP contribution >= 0.6 is 0 Å². The van der Waals surface area contributed by atoms with Crippen molar-refractivity contribution in [2.24, 2.45) is 0 Å². The van der Waals surface area contributed by atoms with E-state index in [1.807, 2.05) is 0 Å². The number of rotatable bonds is 6. The lowest BCUT2D eigenvalue weighted by atomic mass is 9.94. The zero-order valence-electron chi connectivity index (χ0n) is 12.6. The minimum Gasteiger partial charge on any atom is -0.468 e. The van der Waals surface area contributed by atoms with Crippen LogP contribution in [-0.4, -0.2) is 50.6 Å². The summed E-state index contributed by atoms with van der Waals surface area (Å²) in [6.07, 6.45) is 2.08. The normalized spacial score (nSPS) is 18.8. The van der Waals surface area contributed by atoms with E-state index in [9.17, 15) is 17.8 Å². The summed E-state index contributed by atoms with van der Waals surface area (Å²) in [6.45, 7) is 2.15. The molecule has 1 aromatic rings. The Labute approximate surface area is 130 Å². The molecule has 122 valence electrons. The second-order valence-electron chi connectivity index (χ2n) is 5.46. The van der Waals surface area contributed by atoms with Crippen molar-refractivity contribution in [1.29, 1.82) is 0 Å². The van der Waals surface area contributed by atoms with Crippen LogP contribution in [0.3, 0.4) is 0 Å². The molecular formula is C15H21NO5S. The fourth-order valence-electron chi connectivity index (χ4n) is 2.94. The highest BCUT2D eigenvalue weighted by Crippen LogP contribution is 2.35. The Kier molecular flexibility index (Phi) is 5.20. The number of likely N-dealkylation sites (tertiary alicyclic amines) is 1. The second-order valence-corrected chi connectivity index (χ2v) is 7.11. The summed E-state index contributed by atoms with van der Waals surface area (Å²) >= 11 is 0. The molecule has 0 spiro atoms. The molecule has 1 N–H and O–H groups in total. The minimum absolute atomic E-state index is 0.0392. The maximum Gasteiger partial charge on any atom is 0.334 e. The minimum atomic E-state index is -4.68. The first kappa shape index (κ1) is 16.9. The lowest BCUT2D eigenvalue weighted by Gasteiger charge is -2.30. The summed E-state index contributed by atoms with van der Waals surface area (Å²) in [5.74, 6) is -0.958. The molecular weight excluding hydrogens is 306 g/mol. The van der Waals surface area contributed by atoms with Crippen LogP contribution in [-0.2, 0) is 24.4 Å². The van der Waals surface area contributed by atoms with E-state index in [-0.39, 0.29) is 12.0 Å². The van der Waals surface area contributed by atoms with Crippen molar-refractivity contribution in [3.63, 3.8) is 0 Å². The quantitative estimate of drug-likeness (QED) is 0.628. The molecule has 1 atom stereocenters. The standard InChI is InChI=1S/C15H21NO5S/c1-21-14(17)15(22(18,19)20,13-7-3-2-4-8-13)9-12-16-10-5-6-11-16/h2-4,7-8H,5-6,9-12H2,1H3,(H,18,19,20). The predicted molar refractivity (Wildman–Crippen MR) is 82.0 cm³/mol. The van der Waals surface area contributed by atoms with Crippen molar-refractivity contribution >= 4 is 16.1 Å². The Bertz CT molecular complexity index is 610. The van der Waals surface area contributed by atoms with Crippen LogP contribution in [0.25, 0.3) is 0 Å². The molecule has 1 aromatic carbocycles. The molecule has 0 aromatic heterocycles. The summed E-state index contributed by atoms with van der Waals surface area (Å²) in [5, 5.41) is 0. The number of nitrogens with zero attached hydrogens (tertiary/aromatic N) is 1. The molecule has 1 aliphatic rings. The zero-order valence-corrected chi connectivity index (χ0v) is 13.4. The number of esters is 1. The Morgan fingerprint density at radius 1 is 1.27 bits per heavy atom. The Morgan fingerprint density at radius 2 is 1.86 bits per heavy atom. The average Bonchev–Trinajstić information content (AvgIpc) is 3.00. The zero-order chi connectivity index (χ0) is 16.2. The van der Waals surface area contributed by atoms with Gasteiger partial charge in [0, 0.05) is 6.54 Å². The van der Waals surface area contributed by atoms with Crippen molar-refractivity contribution in [3.8, 4) is 0 Å². The van der Waals surface area contributed by atoms with Gasteiger partial charge in [0.05, 0.1) is 7.11 Å². The average molecular weight is 327 g/mol. The number of ether oxygens (including phenoxy) is 1. The molecule has 1 heterocycles. The van der Waals surface area contributed by atoms with Gasteiger partial charge in [-0.05, 0) is 37.9 Å². The van der Waals surface area contributed by atoms with E-state index in [0.29, 0.717) is 6.54 Å². The van der Waals surface area contributed by atoms with Gasteiger partial charge in [0.15, 0.2) is 0 Å². The number of hydrogen-bond acceptors (Lipinski definition) is 5. The molecule has 1 aliphatic heterocycles.